The lowest BCUT2D eigenvalue weighted by atomic mass is 9.89. The molecule has 4 aromatic rings. The molecule has 1 aliphatic carbocycles. The fourth-order valence-electron chi connectivity index (χ4n) is 4.73. The fourth-order valence-corrected chi connectivity index (χ4v) is 4.91. The Balaban J connectivity index is 1.30. The van der Waals surface area contributed by atoms with Gasteiger partial charge in [0.2, 0.25) is 0 Å². The SMILES string of the molecule is O=C(N[C@H]1CCCC[C@H]1[NH+]([O-])C(=O)c1ccc(-c2ccccn2)cc1)c1cc2cc(Cl)ccc2[nH]1. The number of carbonyl (C=O) groups excluding carboxylic acids is 2. The third-order valence-electron chi connectivity index (χ3n) is 6.58. The number of hydrogen-bond acceptors (Lipinski definition) is 4. The first-order chi connectivity index (χ1) is 17.0. The molecule has 1 saturated carbocycles. The highest BCUT2D eigenvalue weighted by molar-refractivity contribution is 6.31. The summed E-state index contributed by atoms with van der Waals surface area (Å²) in [5, 5.41) is 17.2. The first-order valence-corrected chi connectivity index (χ1v) is 12.1. The van der Waals surface area contributed by atoms with Gasteiger partial charge in [0, 0.05) is 34.1 Å². The van der Waals surface area contributed by atoms with Crippen molar-refractivity contribution >= 4 is 34.3 Å². The first-order valence-electron chi connectivity index (χ1n) is 11.7. The Morgan fingerprint density at radius 1 is 1.03 bits per heavy atom. The minimum atomic E-state index is -0.547. The summed E-state index contributed by atoms with van der Waals surface area (Å²) in [4.78, 5) is 33.4. The predicted molar refractivity (Wildman–Crippen MR) is 135 cm³/mol. The van der Waals surface area contributed by atoms with Gasteiger partial charge in [-0.2, -0.15) is 0 Å². The van der Waals surface area contributed by atoms with Gasteiger partial charge in [-0.3, -0.25) is 9.78 Å². The van der Waals surface area contributed by atoms with E-state index in [0.29, 0.717) is 29.1 Å². The van der Waals surface area contributed by atoms with Crippen molar-refractivity contribution in [3.8, 4) is 11.3 Å². The van der Waals surface area contributed by atoms with E-state index in [1.807, 2.05) is 24.3 Å². The molecule has 35 heavy (non-hydrogen) atoms. The Morgan fingerprint density at radius 2 is 1.83 bits per heavy atom. The summed E-state index contributed by atoms with van der Waals surface area (Å²) in [6.45, 7) is 0. The number of nitrogens with zero attached hydrogens (tertiary/aromatic N) is 1. The Bertz CT molecular complexity index is 1350. The number of fused-ring (bicyclic) bond motifs is 1. The molecule has 2 amide bonds. The molecule has 2 heterocycles. The van der Waals surface area contributed by atoms with Crippen LogP contribution in [0, 0.1) is 5.21 Å². The number of aromatic nitrogens is 2. The Labute approximate surface area is 207 Å². The molecule has 7 nitrogen and oxygen atoms in total. The number of rotatable bonds is 5. The van der Waals surface area contributed by atoms with Gasteiger partial charge in [-0.15, -0.1) is 0 Å². The van der Waals surface area contributed by atoms with E-state index in [0.717, 1.165) is 35.0 Å². The summed E-state index contributed by atoms with van der Waals surface area (Å²) >= 11 is 6.05. The Morgan fingerprint density at radius 3 is 2.60 bits per heavy atom. The second-order valence-electron chi connectivity index (χ2n) is 8.87. The largest absolute Gasteiger partial charge is 0.626 e. The molecule has 1 unspecified atom stereocenters. The number of aromatic amines is 1. The molecule has 0 spiro atoms. The van der Waals surface area contributed by atoms with E-state index in [1.54, 1.807) is 48.7 Å². The van der Waals surface area contributed by atoms with Crippen LogP contribution in [0.3, 0.4) is 0 Å². The van der Waals surface area contributed by atoms with Gasteiger partial charge in [0.05, 0.1) is 17.3 Å². The molecule has 0 aliphatic heterocycles. The minimum Gasteiger partial charge on any atom is -0.626 e. The summed E-state index contributed by atoms with van der Waals surface area (Å²) < 4.78 is 0. The van der Waals surface area contributed by atoms with Crippen LogP contribution in [0.15, 0.2) is 72.9 Å². The van der Waals surface area contributed by atoms with Gasteiger partial charge >= 0.3 is 5.91 Å². The van der Waals surface area contributed by atoms with Crippen molar-refractivity contribution in [2.75, 3.05) is 0 Å². The van der Waals surface area contributed by atoms with Crippen LogP contribution in [0.25, 0.3) is 22.2 Å². The first kappa shape index (κ1) is 23.2. The number of carbonyl (C=O) groups is 2. The van der Waals surface area contributed by atoms with Gasteiger partial charge in [-0.25, -0.2) is 4.79 Å². The number of benzene rings is 2. The van der Waals surface area contributed by atoms with Gasteiger partial charge in [0.15, 0.2) is 0 Å². The number of halogens is 1. The molecule has 8 heteroatoms. The molecule has 0 bridgehead atoms. The minimum absolute atomic E-state index is 0.297. The van der Waals surface area contributed by atoms with Crippen molar-refractivity contribution in [2.24, 2.45) is 0 Å². The van der Waals surface area contributed by atoms with E-state index in [1.165, 1.54) is 0 Å². The quantitative estimate of drug-likeness (QED) is 0.367. The van der Waals surface area contributed by atoms with Crippen LogP contribution in [0.5, 0.6) is 0 Å². The van der Waals surface area contributed by atoms with Crippen LogP contribution >= 0.6 is 11.6 Å². The smallest absolute Gasteiger partial charge is 0.344 e. The van der Waals surface area contributed by atoms with Crippen molar-refractivity contribution < 1.29 is 14.7 Å². The Kier molecular flexibility index (Phi) is 6.63. The number of amides is 2. The molecule has 3 N–H and O–H groups in total. The molecule has 1 aliphatic rings. The third-order valence-corrected chi connectivity index (χ3v) is 6.81. The zero-order chi connectivity index (χ0) is 24.4. The lowest BCUT2D eigenvalue weighted by Gasteiger charge is -2.38. The molecule has 1 fully saturated rings. The molecular weight excluding hydrogens is 464 g/mol. The highest BCUT2D eigenvalue weighted by Crippen LogP contribution is 2.22. The van der Waals surface area contributed by atoms with Gasteiger partial charge in [0.1, 0.15) is 11.7 Å². The van der Waals surface area contributed by atoms with E-state index in [-0.39, 0.29) is 5.91 Å². The van der Waals surface area contributed by atoms with Crippen LogP contribution < -0.4 is 10.4 Å². The zero-order valence-electron chi connectivity index (χ0n) is 19.0. The number of hydroxylamine groups is 2. The van der Waals surface area contributed by atoms with E-state index < -0.39 is 23.1 Å². The van der Waals surface area contributed by atoms with Gasteiger partial charge in [-0.05, 0) is 61.4 Å². The average Bonchev–Trinajstić information content (AvgIpc) is 3.32. The fraction of sp³-hybridized carbons (Fsp3) is 0.222. The normalized spacial score (nSPS) is 18.8. The van der Waals surface area contributed by atoms with Gasteiger partial charge in [-0.1, -0.05) is 36.2 Å². The summed E-state index contributed by atoms with van der Waals surface area (Å²) in [7, 11) is 0. The topological polar surface area (TPSA) is 102 Å². The second kappa shape index (κ2) is 10.00. The predicted octanol–water partition coefficient (Wildman–Crippen LogP) is 4.15. The van der Waals surface area contributed by atoms with Crippen molar-refractivity contribution in [1.82, 2.24) is 15.3 Å². The maximum Gasteiger partial charge on any atom is 0.344 e. The lowest BCUT2D eigenvalue weighted by molar-refractivity contribution is -0.792. The zero-order valence-corrected chi connectivity index (χ0v) is 19.7. The van der Waals surface area contributed by atoms with Crippen LogP contribution in [0.4, 0.5) is 0 Å². The van der Waals surface area contributed by atoms with Crippen LogP contribution in [0.2, 0.25) is 5.02 Å². The highest BCUT2D eigenvalue weighted by atomic mass is 35.5. The molecule has 2 aromatic carbocycles. The van der Waals surface area contributed by atoms with Crippen molar-refractivity contribution in [2.45, 2.75) is 37.8 Å². The van der Waals surface area contributed by atoms with E-state index in [9.17, 15) is 14.8 Å². The summed E-state index contributed by atoms with van der Waals surface area (Å²) in [6.07, 6.45) is 4.67. The third kappa shape index (κ3) is 4.98. The summed E-state index contributed by atoms with van der Waals surface area (Å²) in [5.41, 5.74) is 3.22. The van der Waals surface area contributed by atoms with E-state index in [2.05, 4.69) is 15.3 Å². The summed E-state index contributed by atoms with van der Waals surface area (Å²) in [5.74, 6) is -0.821. The number of quaternary nitrogens is 1. The Hall–Kier alpha value is -3.52. The van der Waals surface area contributed by atoms with Crippen molar-refractivity contribution in [1.29, 1.82) is 0 Å². The van der Waals surface area contributed by atoms with Crippen LogP contribution in [0.1, 0.15) is 46.5 Å². The van der Waals surface area contributed by atoms with Crippen LogP contribution in [-0.4, -0.2) is 33.9 Å². The van der Waals surface area contributed by atoms with Gasteiger partial charge in [0.25, 0.3) is 5.91 Å². The van der Waals surface area contributed by atoms with E-state index in [4.69, 9.17) is 11.6 Å². The van der Waals surface area contributed by atoms with E-state index >= 15 is 0 Å². The lowest BCUT2D eigenvalue weighted by Crippen LogP contribution is -3.15. The molecule has 0 saturated heterocycles. The maximum absolute atomic E-state index is 13.2. The molecule has 2 aromatic heterocycles. The molecule has 178 valence electrons. The van der Waals surface area contributed by atoms with Crippen molar-refractivity contribution in [3.05, 3.63) is 94.4 Å². The standard InChI is InChI=1S/C27H25ClN4O3/c28-20-12-13-22-19(15-20)16-24(30-22)26(33)31-23-6-1-2-7-25(23)32(35)27(34)18-10-8-17(9-11-18)21-5-3-4-14-29-21/h3-5,8-16,23,25,30,32H,1-2,6-7H2,(H,31,33)/t23-,25+/m0/s1. The maximum atomic E-state index is 13.2. The monoisotopic (exact) mass is 488 g/mol. The van der Waals surface area contributed by atoms with Gasteiger partial charge < -0.3 is 20.6 Å². The number of nitrogens with one attached hydrogen (secondary N) is 3. The average molecular weight is 489 g/mol. The summed E-state index contributed by atoms with van der Waals surface area (Å²) in [6, 6.07) is 18.7. The molecule has 3 atom stereocenters. The number of pyridine rings is 1. The highest BCUT2D eigenvalue weighted by Gasteiger charge is 2.35. The number of H-pyrrole nitrogens is 1. The van der Waals surface area contributed by atoms with Crippen LogP contribution in [-0.2, 0) is 0 Å². The molecule has 5 rings (SSSR count). The molecule has 0 radical (unpaired) electrons. The molecular formula is C27H25ClN4O3. The second-order valence-corrected chi connectivity index (χ2v) is 9.31. The number of hydrogen-bond donors (Lipinski definition) is 3. The van der Waals surface area contributed by atoms with Crippen molar-refractivity contribution in [3.63, 3.8) is 0 Å².